The van der Waals surface area contributed by atoms with Crippen molar-refractivity contribution in [3.63, 3.8) is 0 Å². The fraction of sp³-hybridized carbons (Fsp3) is 0.400. The Hall–Kier alpha value is -0.510. The molecule has 3 N–H and O–H groups in total. The first-order valence-corrected chi connectivity index (χ1v) is 5.34. The molecule has 2 atom stereocenters. The summed E-state index contributed by atoms with van der Waals surface area (Å²) in [6.45, 7) is 2.08. The van der Waals surface area contributed by atoms with Crippen LogP contribution in [0, 0.1) is 6.92 Å². The van der Waals surface area contributed by atoms with Crippen LogP contribution in [0.25, 0.3) is 0 Å². The van der Waals surface area contributed by atoms with E-state index in [0.29, 0.717) is 5.75 Å². The first-order valence-electron chi connectivity index (χ1n) is 4.36. The summed E-state index contributed by atoms with van der Waals surface area (Å²) in [5.41, 5.74) is 8.24. The maximum Gasteiger partial charge on any atom is 0.0826 e. The molecule has 1 aliphatic heterocycles. The SMILES string of the molecule is Cc1cccc2c1SCC(O)C2N. The van der Waals surface area contributed by atoms with Crippen molar-refractivity contribution in [3.8, 4) is 0 Å². The van der Waals surface area contributed by atoms with E-state index in [0.717, 1.165) is 5.56 Å². The van der Waals surface area contributed by atoms with Gasteiger partial charge in [-0.15, -0.1) is 11.8 Å². The zero-order valence-corrected chi connectivity index (χ0v) is 8.34. The molecule has 3 heteroatoms. The number of benzene rings is 1. The molecule has 0 saturated carbocycles. The first kappa shape index (κ1) is 9.06. The lowest BCUT2D eigenvalue weighted by atomic mass is 10.0. The van der Waals surface area contributed by atoms with Crippen LogP contribution >= 0.6 is 11.8 Å². The number of nitrogens with two attached hydrogens (primary N) is 1. The van der Waals surface area contributed by atoms with Crippen molar-refractivity contribution in [1.82, 2.24) is 0 Å². The van der Waals surface area contributed by atoms with E-state index in [-0.39, 0.29) is 6.04 Å². The van der Waals surface area contributed by atoms with Gasteiger partial charge in [-0.05, 0) is 18.1 Å². The van der Waals surface area contributed by atoms with E-state index in [2.05, 4.69) is 13.0 Å². The molecule has 1 aliphatic rings. The summed E-state index contributed by atoms with van der Waals surface area (Å²) < 4.78 is 0. The van der Waals surface area contributed by atoms with Gasteiger partial charge in [0.1, 0.15) is 0 Å². The average molecular weight is 195 g/mol. The van der Waals surface area contributed by atoms with Gasteiger partial charge in [0.25, 0.3) is 0 Å². The van der Waals surface area contributed by atoms with Crippen LogP contribution in [-0.2, 0) is 0 Å². The number of thioether (sulfide) groups is 1. The van der Waals surface area contributed by atoms with Crippen molar-refractivity contribution < 1.29 is 5.11 Å². The zero-order valence-electron chi connectivity index (χ0n) is 7.53. The van der Waals surface area contributed by atoms with Crippen LogP contribution in [-0.4, -0.2) is 17.0 Å². The van der Waals surface area contributed by atoms with E-state index < -0.39 is 6.10 Å². The van der Waals surface area contributed by atoms with Crippen LogP contribution in [0.1, 0.15) is 17.2 Å². The number of aliphatic hydroxyl groups is 1. The first-order chi connectivity index (χ1) is 6.20. The predicted molar refractivity (Wildman–Crippen MR) is 54.8 cm³/mol. The van der Waals surface area contributed by atoms with Gasteiger partial charge < -0.3 is 10.8 Å². The maximum absolute atomic E-state index is 9.57. The molecule has 13 heavy (non-hydrogen) atoms. The second-order valence-corrected chi connectivity index (χ2v) is 4.43. The number of hydrogen-bond donors (Lipinski definition) is 2. The molecular formula is C10H13NOS. The number of hydrogen-bond acceptors (Lipinski definition) is 3. The summed E-state index contributed by atoms with van der Waals surface area (Å²) in [6, 6.07) is 5.86. The quantitative estimate of drug-likeness (QED) is 0.659. The number of fused-ring (bicyclic) bond motifs is 1. The van der Waals surface area contributed by atoms with Crippen LogP contribution in [0.15, 0.2) is 23.1 Å². The van der Waals surface area contributed by atoms with E-state index in [1.165, 1.54) is 10.5 Å². The molecule has 0 saturated heterocycles. The fourth-order valence-electron chi connectivity index (χ4n) is 1.61. The second kappa shape index (κ2) is 3.33. The third-order valence-corrected chi connectivity index (χ3v) is 3.77. The molecule has 2 unspecified atom stereocenters. The van der Waals surface area contributed by atoms with Gasteiger partial charge in [-0.25, -0.2) is 0 Å². The molecular weight excluding hydrogens is 182 g/mol. The van der Waals surface area contributed by atoms with Gasteiger partial charge in [0.2, 0.25) is 0 Å². The van der Waals surface area contributed by atoms with Gasteiger partial charge in [-0.2, -0.15) is 0 Å². The number of rotatable bonds is 0. The van der Waals surface area contributed by atoms with E-state index >= 15 is 0 Å². The van der Waals surface area contributed by atoms with E-state index in [1.54, 1.807) is 11.8 Å². The summed E-state index contributed by atoms with van der Waals surface area (Å²) >= 11 is 1.70. The van der Waals surface area contributed by atoms with Gasteiger partial charge in [0.05, 0.1) is 12.1 Å². The molecule has 0 spiro atoms. The molecule has 1 heterocycles. The second-order valence-electron chi connectivity index (χ2n) is 3.40. The van der Waals surface area contributed by atoms with Gasteiger partial charge >= 0.3 is 0 Å². The smallest absolute Gasteiger partial charge is 0.0826 e. The molecule has 0 radical (unpaired) electrons. The van der Waals surface area contributed by atoms with Gasteiger partial charge in [0, 0.05) is 10.6 Å². The molecule has 1 aromatic rings. The van der Waals surface area contributed by atoms with Crippen LogP contribution in [0.3, 0.4) is 0 Å². The molecule has 0 fully saturated rings. The van der Waals surface area contributed by atoms with Crippen LogP contribution < -0.4 is 5.73 Å². The van der Waals surface area contributed by atoms with Crippen LogP contribution in [0.5, 0.6) is 0 Å². The largest absolute Gasteiger partial charge is 0.390 e. The highest BCUT2D eigenvalue weighted by Gasteiger charge is 2.25. The number of aliphatic hydroxyl groups excluding tert-OH is 1. The lowest BCUT2D eigenvalue weighted by Crippen LogP contribution is -2.31. The Balaban J connectivity index is 2.49. The molecule has 70 valence electrons. The Bertz CT molecular complexity index is 327. The molecule has 0 aliphatic carbocycles. The third-order valence-electron chi connectivity index (χ3n) is 2.41. The normalized spacial score (nSPS) is 27.0. The van der Waals surface area contributed by atoms with Crippen LogP contribution in [0.4, 0.5) is 0 Å². The Morgan fingerprint density at radius 3 is 3.08 bits per heavy atom. The van der Waals surface area contributed by atoms with Crippen molar-refractivity contribution in [2.24, 2.45) is 5.73 Å². The fourth-order valence-corrected chi connectivity index (χ4v) is 2.83. The Morgan fingerprint density at radius 1 is 1.54 bits per heavy atom. The van der Waals surface area contributed by atoms with Gasteiger partial charge in [-0.1, -0.05) is 18.2 Å². The molecule has 2 rings (SSSR count). The van der Waals surface area contributed by atoms with E-state index in [9.17, 15) is 5.11 Å². The van der Waals surface area contributed by atoms with Gasteiger partial charge in [-0.3, -0.25) is 0 Å². The van der Waals surface area contributed by atoms with Crippen molar-refractivity contribution >= 4 is 11.8 Å². The molecule has 0 aromatic heterocycles. The lowest BCUT2D eigenvalue weighted by Gasteiger charge is -2.27. The summed E-state index contributed by atoms with van der Waals surface area (Å²) in [5.74, 6) is 0.707. The predicted octanol–water partition coefficient (Wildman–Crippen LogP) is 1.46. The Morgan fingerprint density at radius 2 is 2.31 bits per heavy atom. The number of aryl methyl sites for hydroxylation is 1. The zero-order chi connectivity index (χ0) is 9.42. The molecule has 0 amide bonds. The average Bonchev–Trinajstić information content (AvgIpc) is 2.12. The molecule has 0 bridgehead atoms. The lowest BCUT2D eigenvalue weighted by molar-refractivity contribution is 0.165. The Labute approximate surface area is 82.1 Å². The molecule has 2 nitrogen and oxygen atoms in total. The van der Waals surface area contributed by atoms with E-state index in [1.807, 2.05) is 12.1 Å². The minimum Gasteiger partial charge on any atom is -0.390 e. The summed E-state index contributed by atoms with van der Waals surface area (Å²) in [7, 11) is 0. The highest BCUT2D eigenvalue weighted by atomic mass is 32.2. The minimum atomic E-state index is -0.403. The summed E-state index contributed by atoms with van der Waals surface area (Å²) in [5, 5.41) is 9.57. The van der Waals surface area contributed by atoms with Crippen molar-refractivity contribution in [2.45, 2.75) is 24.0 Å². The topological polar surface area (TPSA) is 46.2 Å². The maximum atomic E-state index is 9.57. The third kappa shape index (κ3) is 1.47. The summed E-state index contributed by atoms with van der Waals surface area (Å²) in [6.07, 6.45) is -0.403. The van der Waals surface area contributed by atoms with Crippen molar-refractivity contribution in [2.75, 3.05) is 5.75 Å². The highest BCUT2D eigenvalue weighted by Crippen LogP contribution is 2.36. The van der Waals surface area contributed by atoms with Crippen molar-refractivity contribution in [1.29, 1.82) is 0 Å². The molecule has 1 aromatic carbocycles. The van der Waals surface area contributed by atoms with Crippen LogP contribution in [0.2, 0.25) is 0 Å². The summed E-state index contributed by atoms with van der Waals surface area (Å²) in [4.78, 5) is 1.25. The standard InChI is InChI=1S/C10H13NOS/c1-6-3-2-4-7-9(11)8(12)5-13-10(6)7/h2-4,8-9,12H,5,11H2,1H3. The monoisotopic (exact) mass is 195 g/mol. The Kier molecular flexibility index (Phi) is 2.32. The highest BCUT2D eigenvalue weighted by molar-refractivity contribution is 7.99. The van der Waals surface area contributed by atoms with Gasteiger partial charge in [0.15, 0.2) is 0 Å². The van der Waals surface area contributed by atoms with Crippen molar-refractivity contribution in [3.05, 3.63) is 29.3 Å². The van der Waals surface area contributed by atoms with E-state index in [4.69, 9.17) is 5.73 Å². The minimum absolute atomic E-state index is 0.212.